The zero-order valence-corrected chi connectivity index (χ0v) is 10.1. The number of ether oxygens (including phenoxy) is 1. The smallest absolute Gasteiger partial charge is 0.144 e. The van der Waals surface area contributed by atoms with Crippen molar-refractivity contribution in [1.82, 2.24) is 0 Å². The highest BCUT2D eigenvalue weighted by Crippen LogP contribution is 2.30. The van der Waals surface area contributed by atoms with Gasteiger partial charge in [0, 0.05) is 24.8 Å². The second kappa shape index (κ2) is 4.64. The first kappa shape index (κ1) is 11.1. The number of nitrogens with zero attached hydrogens (tertiary/aromatic N) is 1. The minimum Gasteiger partial charge on any atom is -0.492 e. The first-order chi connectivity index (χ1) is 7.70. The van der Waals surface area contributed by atoms with Crippen molar-refractivity contribution in [3.05, 3.63) is 18.2 Å². The van der Waals surface area contributed by atoms with Crippen LogP contribution in [-0.2, 0) is 0 Å². The summed E-state index contributed by atoms with van der Waals surface area (Å²) in [6.45, 7) is 7.20. The Morgan fingerprint density at radius 3 is 2.94 bits per heavy atom. The molecule has 1 fully saturated rings. The standard InChI is InChI=1S/C13H20N2O/c1-3-16-13-8-11(4-5-12(13)14)15-7-6-10(2)9-15/h4-5,8,10H,3,6-7,9,14H2,1-2H3. The van der Waals surface area contributed by atoms with Gasteiger partial charge in [0.05, 0.1) is 12.3 Å². The Hall–Kier alpha value is -1.38. The molecule has 1 heterocycles. The van der Waals surface area contributed by atoms with Gasteiger partial charge in [-0.25, -0.2) is 0 Å². The molecule has 1 unspecified atom stereocenters. The van der Waals surface area contributed by atoms with Gasteiger partial charge in [-0.05, 0) is 31.4 Å². The molecule has 1 aromatic rings. The summed E-state index contributed by atoms with van der Waals surface area (Å²) < 4.78 is 5.51. The molecule has 2 rings (SSSR count). The molecule has 88 valence electrons. The maximum Gasteiger partial charge on any atom is 0.144 e. The van der Waals surface area contributed by atoms with E-state index in [2.05, 4.69) is 24.0 Å². The Balaban J connectivity index is 2.18. The van der Waals surface area contributed by atoms with E-state index < -0.39 is 0 Å². The first-order valence-electron chi connectivity index (χ1n) is 5.98. The lowest BCUT2D eigenvalue weighted by Gasteiger charge is -2.19. The second-order valence-electron chi connectivity index (χ2n) is 4.50. The molecule has 0 radical (unpaired) electrons. The third kappa shape index (κ3) is 2.23. The van der Waals surface area contributed by atoms with E-state index in [1.807, 2.05) is 13.0 Å². The van der Waals surface area contributed by atoms with Gasteiger partial charge in [0.2, 0.25) is 0 Å². The number of nitrogens with two attached hydrogens (primary N) is 1. The van der Waals surface area contributed by atoms with Gasteiger partial charge in [0.15, 0.2) is 0 Å². The molecular weight excluding hydrogens is 200 g/mol. The number of rotatable bonds is 3. The second-order valence-corrected chi connectivity index (χ2v) is 4.50. The third-order valence-electron chi connectivity index (χ3n) is 3.09. The summed E-state index contributed by atoms with van der Waals surface area (Å²) in [6.07, 6.45) is 1.27. The predicted molar refractivity (Wildman–Crippen MR) is 68.0 cm³/mol. The summed E-state index contributed by atoms with van der Waals surface area (Å²) in [5.41, 5.74) is 7.80. The lowest BCUT2D eigenvalue weighted by atomic mass is 10.2. The normalized spacial score (nSPS) is 20.1. The Morgan fingerprint density at radius 1 is 1.50 bits per heavy atom. The molecule has 2 N–H and O–H groups in total. The summed E-state index contributed by atoms with van der Waals surface area (Å²) in [5, 5.41) is 0. The van der Waals surface area contributed by atoms with Crippen LogP contribution in [0.1, 0.15) is 20.3 Å². The topological polar surface area (TPSA) is 38.5 Å². The van der Waals surface area contributed by atoms with Gasteiger partial charge in [-0.15, -0.1) is 0 Å². The maximum absolute atomic E-state index is 5.86. The van der Waals surface area contributed by atoms with Crippen LogP contribution in [0.2, 0.25) is 0 Å². The number of anilines is 2. The van der Waals surface area contributed by atoms with E-state index >= 15 is 0 Å². The number of hydrogen-bond acceptors (Lipinski definition) is 3. The van der Waals surface area contributed by atoms with Crippen molar-refractivity contribution in [2.24, 2.45) is 5.92 Å². The predicted octanol–water partition coefficient (Wildman–Crippen LogP) is 2.51. The summed E-state index contributed by atoms with van der Waals surface area (Å²) in [5.74, 6) is 1.59. The van der Waals surface area contributed by atoms with E-state index in [0.717, 1.165) is 30.4 Å². The molecule has 1 aliphatic rings. The Kier molecular flexibility index (Phi) is 3.22. The quantitative estimate of drug-likeness (QED) is 0.795. The lowest BCUT2D eigenvalue weighted by Crippen LogP contribution is -2.19. The molecule has 0 spiro atoms. The van der Waals surface area contributed by atoms with Crippen molar-refractivity contribution < 1.29 is 4.74 Å². The van der Waals surface area contributed by atoms with Crippen molar-refractivity contribution in [1.29, 1.82) is 0 Å². The van der Waals surface area contributed by atoms with E-state index in [4.69, 9.17) is 10.5 Å². The minimum atomic E-state index is 0.657. The molecule has 3 heteroatoms. The number of hydrogen-bond donors (Lipinski definition) is 1. The van der Waals surface area contributed by atoms with Gasteiger partial charge in [0.25, 0.3) is 0 Å². The molecule has 1 saturated heterocycles. The fourth-order valence-electron chi connectivity index (χ4n) is 2.17. The summed E-state index contributed by atoms with van der Waals surface area (Å²) >= 11 is 0. The lowest BCUT2D eigenvalue weighted by molar-refractivity contribution is 0.342. The van der Waals surface area contributed by atoms with E-state index in [0.29, 0.717) is 6.61 Å². The van der Waals surface area contributed by atoms with Gasteiger partial charge in [-0.3, -0.25) is 0 Å². The van der Waals surface area contributed by atoms with Crippen LogP contribution in [0.25, 0.3) is 0 Å². The average molecular weight is 220 g/mol. The van der Waals surface area contributed by atoms with Crippen LogP contribution in [-0.4, -0.2) is 19.7 Å². The van der Waals surface area contributed by atoms with Crippen LogP contribution < -0.4 is 15.4 Å². The molecule has 16 heavy (non-hydrogen) atoms. The molecule has 0 aliphatic carbocycles. The zero-order chi connectivity index (χ0) is 11.5. The molecule has 1 atom stereocenters. The highest BCUT2D eigenvalue weighted by molar-refractivity contribution is 5.62. The van der Waals surface area contributed by atoms with Crippen LogP contribution in [0.15, 0.2) is 18.2 Å². The molecule has 1 aliphatic heterocycles. The summed E-state index contributed by atoms with van der Waals surface area (Å²) in [4.78, 5) is 2.40. The van der Waals surface area contributed by atoms with Gasteiger partial charge in [-0.1, -0.05) is 6.92 Å². The number of benzene rings is 1. The third-order valence-corrected chi connectivity index (χ3v) is 3.09. The van der Waals surface area contributed by atoms with Crippen molar-refractivity contribution in [2.45, 2.75) is 20.3 Å². The van der Waals surface area contributed by atoms with E-state index in [-0.39, 0.29) is 0 Å². The highest BCUT2D eigenvalue weighted by atomic mass is 16.5. The van der Waals surface area contributed by atoms with Crippen molar-refractivity contribution in [3.8, 4) is 5.75 Å². The van der Waals surface area contributed by atoms with E-state index in [9.17, 15) is 0 Å². The van der Waals surface area contributed by atoms with Crippen molar-refractivity contribution in [3.63, 3.8) is 0 Å². The monoisotopic (exact) mass is 220 g/mol. The highest BCUT2D eigenvalue weighted by Gasteiger charge is 2.19. The Bertz CT molecular complexity index is 365. The fraction of sp³-hybridized carbons (Fsp3) is 0.538. The summed E-state index contributed by atoms with van der Waals surface area (Å²) in [6, 6.07) is 6.07. The minimum absolute atomic E-state index is 0.657. The largest absolute Gasteiger partial charge is 0.492 e. The molecule has 1 aromatic carbocycles. The first-order valence-corrected chi connectivity index (χ1v) is 5.98. The van der Waals surface area contributed by atoms with Crippen LogP contribution >= 0.6 is 0 Å². The zero-order valence-electron chi connectivity index (χ0n) is 10.1. The van der Waals surface area contributed by atoms with E-state index in [1.54, 1.807) is 0 Å². The molecule has 0 bridgehead atoms. The van der Waals surface area contributed by atoms with Gasteiger partial charge < -0.3 is 15.4 Å². The van der Waals surface area contributed by atoms with Gasteiger partial charge >= 0.3 is 0 Å². The molecule has 3 nitrogen and oxygen atoms in total. The van der Waals surface area contributed by atoms with Crippen LogP contribution in [0, 0.1) is 5.92 Å². The van der Waals surface area contributed by atoms with Gasteiger partial charge in [0.1, 0.15) is 5.75 Å². The Labute approximate surface area is 97.2 Å². The number of nitrogen functional groups attached to an aromatic ring is 1. The average Bonchev–Trinajstić information content (AvgIpc) is 2.69. The molecule has 0 amide bonds. The van der Waals surface area contributed by atoms with E-state index in [1.165, 1.54) is 12.1 Å². The van der Waals surface area contributed by atoms with Crippen molar-refractivity contribution >= 4 is 11.4 Å². The van der Waals surface area contributed by atoms with Crippen LogP contribution in [0.3, 0.4) is 0 Å². The van der Waals surface area contributed by atoms with Crippen LogP contribution in [0.5, 0.6) is 5.75 Å². The summed E-state index contributed by atoms with van der Waals surface area (Å²) in [7, 11) is 0. The Morgan fingerprint density at radius 2 is 2.31 bits per heavy atom. The SMILES string of the molecule is CCOc1cc(N2CCC(C)C2)ccc1N. The molecule has 0 saturated carbocycles. The maximum atomic E-state index is 5.86. The molecule has 0 aromatic heterocycles. The fourth-order valence-corrected chi connectivity index (χ4v) is 2.17. The van der Waals surface area contributed by atoms with Crippen LogP contribution in [0.4, 0.5) is 11.4 Å². The molecular formula is C13H20N2O. The van der Waals surface area contributed by atoms with Crippen molar-refractivity contribution in [2.75, 3.05) is 30.3 Å². The van der Waals surface area contributed by atoms with Gasteiger partial charge in [-0.2, -0.15) is 0 Å².